The normalized spacial score (nSPS) is 12.9. The van der Waals surface area contributed by atoms with Crippen molar-refractivity contribution in [3.05, 3.63) is 58.7 Å². The number of hydrogen-bond donors (Lipinski definition) is 2. The van der Waals surface area contributed by atoms with E-state index < -0.39 is 0 Å². The molecular formula is C18H20N2O. The molecule has 2 amide bonds. The van der Waals surface area contributed by atoms with Crippen LogP contribution in [0.5, 0.6) is 0 Å². The van der Waals surface area contributed by atoms with Gasteiger partial charge in [0.05, 0.1) is 0 Å². The van der Waals surface area contributed by atoms with Crippen molar-refractivity contribution in [2.24, 2.45) is 0 Å². The molecule has 1 aliphatic carbocycles. The lowest BCUT2D eigenvalue weighted by molar-refractivity contribution is 0.262. The van der Waals surface area contributed by atoms with Crippen LogP contribution in [0.15, 0.2) is 36.4 Å². The maximum Gasteiger partial charge on any atom is 0.323 e. The van der Waals surface area contributed by atoms with Crippen molar-refractivity contribution in [3.8, 4) is 0 Å². The molecule has 0 aliphatic heterocycles. The molecule has 0 bridgehead atoms. The first-order chi connectivity index (χ1) is 10.1. The Morgan fingerprint density at radius 2 is 1.81 bits per heavy atom. The maximum atomic E-state index is 12.1. The molecule has 1 aliphatic rings. The third-order valence-electron chi connectivity index (χ3n) is 4.21. The van der Waals surface area contributed by atoms with E-state index in [1.54, 1.807) is 0 Å². The molecule has 3 nitrogen and oxygen atoms in total. The summed E-state index contributed by atoms with van der Waals surface area (Å²) in [5, 5.41) is 5.83. The first-order valence-electron chi connectivity index (χ1n) is 7.39. The molecule has 2 aromatic carbocycles. The van der Waals surface area contributed by atoms with Crippen LogP contribution in [0.4, 0.5) is 16.2 Å². The molecule has 0 fully saturated rings. The summed E-state index contributed by atoms with van der Waals surface area (Å²) < 4.78 is 0. The molecule has 2 N–H and O–H groups in total. The van der Waals surface area contributed by atoms with Crippen LogP contribution < -0.4 is 10.6 Å². The Morgan fingerprint density at radius 3 is 2.67 bits per heavy atom. The Hall–Kier alpha value is -2.29. The number of amides is 2. The van der Waals surface area contributed by atoms with Crippen LogP contribution in [0.1, 0.15) is 28.7 Å². The van der Waals surface area contributed by atoms with Gasteiger partial charge >= 0.3 is 6.03 Å². The van der Waals surface area contributed by atoms with Crippen molar-refractivity contribution in [1.29, 1.82) is 0 Å². The van der Waals surface area contributed by atoms with Crippen LogP contribution in [0.2, 0.25) is 0 Å². The molecule has 21 heavy (non-hydrogen) atoms. The SMILES string of the molecule is Cc1cccc(NC(=O)Nc2ccc3c(c2)CCC3)c1C. The van der Waals surface area contributed by atoms with E-state index in [4.69, 9.17) is 0 Å². The summed E-state index contributed by atoms with van der Waals surface area (Å²) in [5.41, 5.74) is 6.76. The van der Waals surface area contributed by atoms with Gasteiger partial charge in [-0.1, -0.05) is 18.2 Å². The number of urea groups is 1. The number of carbonyl (C=O) groups is 1. The second-order valence-corrected chi connectivity index (χ2v) is 5.66. The lowest BCUT2D eigenvalue weighted by atomic mass is 10.1. The van der Waals surface area contributed by atoms with Gasteiger partial charge in [-0.15, -0.1) is 0 Å². The molecule has 2 aromatic rings. The van der Waals surface area contributed by atoms with Crippen molar-refractivity contribution < 1.29 is 4.79 Å². The van der Waals surface area contributed by atoms with Gasteiger partial charge in [0, 0.05) is 11.4 Å². The first kappa shape index (κ1) is 13.7. The van der Waals surface area contributed by atoms with Gasteiger partial charge in [-0.2, -0.15) is 0 Å². The number of benzene rings is 2. The van der Waals surface area contributed by atoms with Crippen LogP contribution in [0.3, 0.4) is 0 Å². The fourth-order valence-electron chi connectivity index (χ4n) is 2.82. The minimum atomic E-state index is -0.193. The molecule has 0 atom stereocenters. The average molecular weight is 280 g/mol. The fourth-order valence-corrected chi connectivity index (χ4v) is 2.82. The van der Waals surface area contributed by atoms with Gasteiger partial charge in [0.25, 0.3) is 0 Å². The zero-order chi connectivity index (χ0) is 14.8. The zero-order valence-corrected chi connectivity index (χ0v) is 12.5. The highest BCUT2D eigenvalue weighted by atomic mass is 16.2. The van der Waals surface area contributed by atoms with E-state index in [0.717, 1.165) is 29.8 Å². The van der Waals surface area contributed by atoms with Crippen molar-refractivity contribution in [2.45, 2.75) is 33.1 Å². The molecule has 0 saturated heterocycles. The summed E-state index contributed by atoms with van der Waals surface area (Å²) in [6.07, 6.45) is 3.49. The standard InChI is InChI=1S/C18H20N2O/c1-12-5-3-8-17(13(12)2)20-18(21)19-16-10-9-14-6-4-7-15(14)11-16/h3,5,8-11H,4,6-7H2,1-2H3,(H2,19,20,21). The van der Waals surface area contributed by atoms with E-state index in [1.165, 1.54) is 23.1 Å². The molecule has 0 heterocycles. The van der Waals surface area contributed by atoms with Crippen LogP contribution in [0.25, 0.3) is 0 Å². The second-order valence-electron chi connectivity index (χ2n) is 5.66. The Morgan fingerprint density at radius 1 is 1.00 bits per heavy atom. The highest BCUT2D eigenvalue weighted by Gasteiger charge is 2.12. The van der Waals surface area contributed by atoms with Crippen LogP contribution in [-0.2, 0) is 12.8 Å². The molecule has 0 unspecified atom stereocenters. The molecule has 0 saturated carbocycles. The number of anilines is 2. The molecular weight excluding hydrogens is 260 g/mol. The minimum absolute atomic E-state index is 0.193. The Balaban J connectivity index is 1.70. The highest BCUT2D eigenvalue weighted by molar-refractivity contribution is 6.00. The molecule has 3 heteroatoms. The van der Waals surface area contributed by atoms with Gasteiger partial charge in [0.2, 0.25) is 0 Å². The van der Waals surface area contributed by atoms with Gasteiger partial charge in [0.15, 0.2) is 0 Å². The summed E-state index contributed by atoms with van der Waals surface area (Å²) in [4.78, 5) is 12.1. The maximum absolute atomic E-state index is 12.1. The number of nitrogens with one attached hydrogen (secondary N) is 2. The second kappa shape index (κ2) is 5.60. The van der Waals surface area contributed by atoms with Crippen molar-refractivity contribution in [1.82, 2.24) is 0 Å². The largest absolute Gasteiger partial charge is 0.323 e. The number of hydrogen-bond acceptors (Lipinski definition) is 1. The van der Waals surface area contributed by atoms with Gasteiger partial charge in [0.1, 0.15) is 0 Å². The van der Waals surface area contributed by atoms with Gasteiger partial charge in [-0.3, -0.25) is 0 Å². The number of rotatable bonds is 2. The van der Waals surface area contributed by atoms with Crippen LogP contribution >= 0.6 is 0 Å². The highest BCUT2D eigenvalue weighted by Crippen LogP contribution is 2.25. The number of fused-ring (bicyclic) bond motifs is 1. The average Bonchev–Trinajstić information content (AvgIpc) is 2.91. The summed E-state index contributed by atoms with van der Waals surface area (Å²) >= 11 is 0. The van der Waals surface area contributed by atoms with Gasteiger partial charge in [-0.25, -0.2) is 4.79 Å². The van der Waals surface area contributed by atoms with E-state index in [0.29, 0.717) is 0 Å². The topological polar surface area (TPSA) is 41.1 Å². The summed E-state index contributed by atoms with van der Waals surface area (Å²) in [5.74, 6) is 0. The van der Waals surface area contributed by atoms with E-state index >= 15 is 0 Å². The first-order valence-corrected chi connectivity index (χ1v) is 7.39. The van der Waals surface area contributed by atoms with Crippen molar-refractivity contribution in [2.75, 3.05) is 10.6 Å². The van der Waals surface area contributed by atoms with Crippen molar-refractivity contribution >= 4 is 17.4 Å². The predicted octanol–water partition coefficient (Wildman–Crippen LogP) is 4.44. The van der Waals surface area contributed by atoms with Gasteiger partial charge < -0.3 is 10.6 Å². The molecule has 0 radical (unpaired) electrons. The third-order valence-corrected chi connectivity index (χ3v) is 4.21. The van der Waals surface area contributed by atoms with Gasteiger partial charge in [-0.05, 0) is 73.6 Å². The van der Waals surface area contributed by atoms with Crippen LogP contribution in [-0.4, -0.2) is 6.03 Å². The smallest absolute Gasteiger partial charge is 0.308 e. The Bertz CT molecular complexity index is 692. The third kappa shape index (κ3) is 2.92. The van der Waals surface area contributed by atoms with E-state index in [-0.39, 0.29) is 6.03 Å². The van der Waals surface area contributed by atoms with E-state index in [1.807, 2.05) is 38.1 Å². The summed E-state index contributed by atoms with van der Waals surface area (Å²) in [6, 6.07) is 11.9. The molecule has 0 spiro atoms. The zero-order valence-electron chi connectivity index (χ0n) is 12.5. The Kier molecular flexibility index (Phi) is 3.65. The fraction of sp³-hybridized carbons (Fsp3) is 0.278. The number of aryl methyl sites for hydroxylation is 3. The van der Waals surface area contributed by atoms with Crippen molar-refractivity contribution in [3.63, 3.8) is 0 Å². The van der Waals surface area contributed by atoms with Crippen LogP contribution in [0, 0.1) is 13.8 Å². The lowest BCUT2D eigenvalue weighted by Gasteiger charge is -2.12. The van der Waals surface area contributed by atoms with E-state index in [9.17, 15) is 4.79 Å². The minimum Gasteiger partial charge on any atom is -0.308 e. The molecule has 0 aromatic heterocycles. The lowest BCUT2D eigenvalue weighted by Crippen LogP contribution is -2.20. The molecule has 108 valence electrons. The number of carbonyl (C=O) groups excluding carboxylic acids is 1. The predicted molar refractivity (Wildman–Crippen MR) is 87.0 cm³/mol. The quantitative estimate of drug-likeness (QED) is 0.839. The molecule has 3 rings (SSSR count). The monoisotopic (exact) mass is 280 g/mol. The Labute approximate surface area is 125 Å². The summed E-state index contributed by atoms with van der Waals surface area (Å²) in [7, 11) is 0. The summed E-state index contributed by atoms with van der Waals surface area (Å²) in [6.45, 7) is 4.05. The van der Waals surface area contributed by atoms with E-state index in [2.05, 4.69) is 22.8 Å².